The maximum atomic E-state index is 12.9. The fourth-order valence-corrected chi connectivity index (χ4v) is 6.52. The van der Waals surface area contributed by atoms with Gasteiger partial charge >= 0.3 is 6.03 Å². The van der Waals surface area contributed by atoms with E-state index in [9.17, 15) is 9.59 Å². The highest BCUT2D eigenvalue weighted by molar-refractivity contribution is 14.1. The minimum Gasteiger partial charge on any atom is -0.271 e. The predicted octanol–water partition coefficient (Wildman–Crippen LogP) is 4.07. The molecule has 0 aromatic carbocycles. The molecule has 106 valence electrons. The summed E-state index contributed by atoms with van der Waals surface area (Å²) in [6, 6.07) is -0.134. The number of carbonyl (C=O) groups is 2. The van der Waals surface area contributed by atoms with Gasteiger partial charge in [0.25, 0.3) is 5.91 Å². The number of hydrogen-bond acceptors (Lipinski definition) is 2. The number of hydrogen-bond donors (Lipinski definition) is 0. The van der Waals surface area contributed by atoms with E-state index in [1.54, 1.807) is 3.11 Å². The Bertz CT molecular complexity index is 387. The first-order valence-corrected chi connectivity index (χ1v) is 9.03. The van der Waals surface area contributed by atoms with Gasteiger partial charge in [-0.2, -0.15) is 3.11 Å². The van der Waals surface area contributed by atoms with E-state index in [0.29, 0.717) is 11.8 Å². The third-order valence-electron chi connectivity index (χ3n) is 5.14. The summed E-state index contributed by atoms with van der Waals surface area (Å²) in [6.45, 7) is 0. The molecule has 0 aromatic rings. The summed E-state index contributed by atoms with van der Waals surface area (Å²) in [5, 5.41) is 0. The molecule has 2 aliphatic carbocycles. The fraction of sp³-hybridized carbons (Fsp3) is 0.846. The summed E-state index contributed by atoms with van der Waals surface area (Å²) in [5.41, 5.74) is -0.536. The fourth-order valence-electron chi connectivity index (χ4n) is 4.30. The molecule has 1 aliphatic heterocycles. The second-order valence-corrected chi connectivity index (χ2v) is 7.87. The zero-order valence-corrected chi connectivity index (χ0v) is 15.1. The first-order chi connectivity index (χ1) is 9.10. The largest absolute Gasteiger partial charge is 0.345 e. The lowest BCUT2D eigenvalue weighted by molar-refractivity contribution is -0.133. The molecule has 0 atom stereocenters. The molecular formula is C13H18I2N2O2. The molecule has 3 fully saturated rings. The first kappa shape index (κ1) is 14.3. The van der Waals surface area contributed by atoms with Crippen LogP contribution in [-0.2, 0) is 4.79 Å². The smallest absolute Gasteiger partial charge is 0.271 e. The van der Waals surface area contributed by atoms with Crippen molar-refractivity contribution in [1.29, 1.82) is 0 Å². The van der Waals surface area contributed by atoms with Gasteiger partial charge in [-0.25, -0.2) is 7.91 Å². The van der Waals surface area contributed by atoms with E-state index in [1.165, 1.54) is 28.8 Å². The van der Waals surface area contributed by atoms with Crippen molar-refractivity contribution in [3.05, 3.63) is 0 Å². The van der Waals surface area contributed by atoms with E-state index in [4.69, 9.17) is 0 Å². The molecule has 0 N–H and O–H groups in total. The van der Waals surface area contributed by atoms with Gasteiger partial charge in [0.1, 0.15) is 5.54 Å². The second-order valence-electron chi connectivity index (χ2n) is 5.94. The summed E-state index contributed by atoms with van der Waals surface area (Å²) < 4.78 is 3.08. The Morgan fingerprint density at radius 2 is 1.32 bits per heavy atom. The highest BCUT2D eigenvalue weighted by Gasteiger charge is 2.64. The van der Waals surface area contributed by atoms with Gasteiger partial charge in [-0.1, -0.05) is 25.7 Å². The number of carbonyl (C=O) groups excluding carboxylic acids is 2. The summed E-state index contributed by atoms with van der Waals surface area (Å²) in [6.07, 6.45) is 9.19. The quantitative estimate of drug-likeness (QED) is 0.334. The van der Waals surface area contributed by atoms with Gasteiger partial charge in [-0.15, -0.1) is 0 Å². The Labute approximate surface area is 141 Å². The molecule has 4 nitrogen and oxygen atoms in total. The van der Waals surface area contributed by atoms with Crippen molar-refractivity contribution >= 4 is 57.7 Å². The molecule has 1 heterocycles. The molecule has 1 saturated heterocycles. The van der Waals surface area contributed by atoms with Crippen molar-refractivity contribution in [1.82, 2.24) is 6.23 Å². The Balaban J connectivity index is 2.04. The van der Waals surface area contributed by atoms with E-state index in [2.05, 4.69) is 22.9 Å². The zero-order valence-electron chi connectivity index (χ0n) is 10.8. The van der Waals surface area contributed by atoms with Crippen molar-refractivity contribution in [3.63, 3.8) is 0 Å². The van der Waals surface area contributed by atoms with E-state index in [-0.39, 0.29) is 11.9 Å². The lowest BCUT2D eigenvalue weighted by Crippen LogP contribution is -2.55. The van der Waals surface area contributed by atoms with Gasteiger partial charge in [0.2, 0.25) is 0 Å². The number of nitrogens with zero attached hydrogens (tertiary/aromatic N) is 2. The van der Waals surface area contributed by atoms with Gasteiger partial charge < -0.3 is 0 Å². The summed E-state index contributed by atoms with van der Waals surface area (Å²) in [7, 11) is 0. The third kappa shape index (κ3) is 1.95. The molecule has 3 rings (SSSR count). The average molecular weight is 488 g/mol. The summed E-state index contributed by atoms with van der Waals surface area (Å²) in [5.74, 6) is 0.777. The monoisotopic (exact) mass is 488 g/mol. The van der Waals surface area contributed by atoms with Crippen LogP contribution in [0.2, 0.25) is 0 Å². The van der Waals surface area contributed by atoms with Crippen molar-refractivity contribution in [2.75, 3.05) is 0 Å². The van der Waals surface area contributed by atoms with E-state index in [0.717, 1.165) is 25.7 Å². The van der Waals surface area contributed by atoms with E-state index in [1.807, 2.05) is 22.9 Å². The van der Waals surface area contributed by atoms with Gasteiger partial charge in [0.15, 0.2) is 0 Å². The predicted molar refractivity (Wildman–Crippen MR) is 88.8 cm³/mol. The van der Waals surface area contributed by atoms with Gasteiger partial charge in [-0.3, -0.25) is 4.79 Å². The lowest BCUT2D eigenvalue weighted by Gasteiger charge is -2.41. The van der Waals surface area contributed by atoms with Crippen LogP contribution in [0.1, 0.15) is 51.4 Å². The highest BCUT2D eigenvalue weighted by Crippen LogP contribution is 2.53. The Kier molecular flexibility index (Phi) is 4.01. The molecule has 3 amide bonds. The standard InChI is InChI=1S/C13H18I2N2O2/c14-16-11(18)13(17(15)12(16)19,9-5-1-2-6-9)10-7-3-4-8-10/h9-10H,1-8H2. The molecule has 2 saturated carbocycles. The van der Waals surface area contributed by atoms with Crippen LogP contribution in [0.15, 0.2) is 0 Å². The molecule has 3 aliphatic rings. The van der Waals surface area contributed by atoms with Gasteiger partial charge in [-0.05, 0) is 37.5 Å². The van der Waals surface area contributed by atoms with Crippen LogP contribution in [0.3, 0.4) is 0 Å². The van der Waals surface area contributed by atoms with Crippen molar-refractivity contribution in [2.24, 2.45) is 11.8 Å². The molecule has 0 aromatic heterocycles. The molecule has 0 spiro atoms. The number of imide groups is 1. The molecule has 0 bridgehead atoms. The maximum absolute atomic E-state index is 12.9. The first-order valence-electron chi connectivity index (χ1n) is 7.10. The van der Waals surface area contributed by atoms with E-state index >= 15 is 0 Å². The van der Waals surface area contributed by atoms with Crippen LogP contribution < -0.4 is 0 Å². The summed E-state index contributed by atoms with van der Waals surface area (Å²) in [4.78, 5) is 25.1. The van der Waals surface area contributed by atoms with Crippen LogP contribution in [0, 0.1) is 11.8 Å². The molecular weight excluding hydrogens is 470 g/mol. The van der Waals surface area contributed by atoms with Gasteiger partial charge in [0, 0.05) is 0 Å². The van der Waals surface area contributed by atoms with Crippen LogP contribution in [0.5, 0.6) is 0 Å². The number of amides is 3. The van der Waals surface area contributed by atoms with Crippen LogP contribution >= 0.6 is 45.7 Å². The number of rotatable bonds is 2. The molecule has 0 radical (unpaired) electrons. The summed E-state index contributed by atoms with van der Waals surface area (Å²) >= 11 is 3.98. The lowest BCUT2D eigenvalue weighted by atomic mass is 9.72. The molecule has 0 unspecified atom stereocenters. The zero-order chi connectivity index (χ0) is 13.6. The normalized spacial score (nSPS) is 28.9. The second kappa shape index (κ2) is 5.31. The van der Waals surface area contributed by atoms with Crippen molar-refractivity contribution in [3.8, 4) is 0 Å². The van der Waals surface area contributed by atoms with Gasteiger partial charge in [0.05, 0.1) is 45.7 Å². The number of halogens is 2. The average Bonchev–Trinajstić information content (AvgIpc) is 3.12. The SMILES string of the molecule is O=C1N(I)C(=O)C(C2CCCC2)(C2CCCC2)N1I. The number of urea groups is 1. The third-order valence-corrected chi connectivity index (χ3v) is 7.20. The van der Waals surface area contributed by atoms with Crippen molar-refractivity contribution < 1.29 is 9.59 Å². The van der Waals surface area contributed by atoms with Crippen LogP contribution in [0.4, 0.5) is 4.79 Å². The Hall–Kier alpha value is 0.400. The Morgan fingerprint density at radius 1 is 0.895 bits per heavy atom. The minimum absolute atomic E-state index is 0.0475. The molecule has 6 heteroatoms. The van der Waals surface area contributed by atoms with Crippen LogP contribution in [-0.4, -0.2) is 23.7 Å². The Morgan fingerprint density at radius 3 is 1.63 bits per heavy atom. The van der Waals surface area contributed by atoms with Crippen molar-refractivity contribution in [2.45, 2.75) is 56.9 Å². The van der Waals surface area contributed by atoms with Crippen LogP contribution in [0.25, 0.3) is 0 Å². The van der Waals surface area contributed by atoms with E-state index < -0.39 is 5.54 Å². The minimum atomic E-state index is -0.536. The maximum Gasteiger partial charge on any atom is 0.345 e. The topological polar surface area (TPSA) is 40.6 Å². The highest BCUT2D eigenvalue weighted by atomic mass is 127. The molecule has 19 heavy (non-hydrogen) atoms.